The third kappa shape index (κ3) is 0.987. The Morgan fingerprint density at radius 2 is 2.42 bits per heavy atom. The molecule has 2 aromatic rings. The zero-order chi connectivity index (χ0) is 8.55. The van der Waals surface area contributed by atoms with Gasteiger partial charge in [-0.25, -0.2) is 4.98 Å². The van der Waals surface area contributed by atoms with E-state index in [-0.39, 0.29) is 0 Å². The highest BCUT2D eigenvalue weighted by Gasteiger charge is 2.01. The average molecular weight is 180 g/mol. The molecule has 0 unspecified atom stereocenters. The first-order chi connectivity index (χ1) is 5.81. The normalized spacial score (nSPS) is 10.4. The van der Waals surface area contributed by atoms with Gasteiger partial charge in [-0.1, -0.05) is 11.6 Å². The van der Waals surface area contributed by atoms with Gasteiger partial charge in [0.1, 0.15) is 5.65 Å². The fraction of sp³-hybridized carbons (Fsp3) is 0. The molecule has 0 saturated heterocycles. The molecule has 0 spiro atoms. The van der Waals surface area contributed by atoms with E-state index in [0.717, 1.165) is 16.6 Å². The molecule has 0 radical (unpaired) electrons. The molecule has 0 saturated carbocycles. The second-order valence-electron chi connectivity index (χ2n) is 2.44. The van der Waals surface area contributed by atoms with E-state index in [1.807, 2.05) is 0 Å². The van der Waals surface area contributed by atoms with Crippen molar-refractivity contribution in [2.75, 3.05) is 0 Å². The van der Waals surface area contributed by atoms with Crippen molar-refractivity contribution in [1.82, 2.24) is 9.97 Å². The third-order valence-corrected chi connectivity index (χ3v) is 1.89. The summed E-state index contributed by atoms with van der Waals surface area (Å²) >= 11 is 5.75. The Bertz CT molecular complexity index is 433. The molecule has 3 nitrogen and oxygen atoms in total. The summed E-state index contributed by atoms with van der Waals surface area (Å²) in [6, 6.07) is 1.79. The molecular formula is C8H6ClN3. The molecule has 4 heteroatoms. The summed E-state index contributed by atoms with van der Waals surface area (Å²) in [6.45, 7) is 0. The number of aromatic nitrogens is 2. The maximum Gasteiger partial charge on any atom is 0.137 e. The molecule has 0 aliphatic rings. The van der Waals surface area contributed by atoms with Crippen LogP contribution in [0.5, 0.6) is 0 Å². The molecule has 60 valence electrons. The van der Waals surface area contributed by atoms with E-state index in [1.165, 1.54) is 6.21 Å². The fourth-order valence-corrected chi connectivity index (χ4v) is 1.28. The lowest BCUT2D eigenvalue weighted by Gasteiger charge is -1.90. The van der Waals surface area contributed by atoms with E-state index in [1.54, 1.807) is 18.5 Å². The Balaban J connectivity index is 2.83. The van der Waals surface area contributed by atoms with Gasteiger partial charge in [0.2, 0.25) is 0 Å². The topological polar surface area (TPSA) is 52.5 Å². The predicted molar refractivity (Wildman–Crippen MR) is 49.0 cm³/mol. The second-order valence-corrected chi connectivity index (χ2v) is 2.87. The van der Waals surface area contributed by atoms with E-state index in [0.29, 0.717) is 5.02 Å². The number of fused-ring (bicyclic) bond motifs is 1. The zero-order valence-electron chi connectivity index (χ0n) is 6.13. The quantitative estimate of drug-likeness (QED) is 0.648. The molecule has 2 N–H and O–H groups in total. The van der Waals surface area contributed by atoms with Crippen molar-refractivity contribution in [2.24, 2.45) is 0 Å². The van der Waals surface area contributed by atoms with Crippen LogP contribution in [0.3, 0.4) is 0 Å². The highest BCUT2D eigenvalue weighted by molar-refractivity contribution is 6.31. The van der Waals surface area contributed by atoms with Crippen molar-refractivity contribution in [1.29, 1.82) is 5.41 Å². The Labute approximate surface area is 73.9 Å². The molecule has 0 aliphatic carbocycles. The van der Waals surface area contributed by atoms with Gasteiger partial charge in [-0.2, -0.15) is 0 Å². The Morgan fingerprint density at radius 1 is 1.58 bits per heavy atom. The van der Waals surface area contributed by atoms with Gasteiger partial charge in [-0.05, 0) is 6.07 Å². The Morgan fingerprint density at radius 3 is 3.17 bits per heavy atom. The van der Waals surface area contributed by atoms with Crippen LogP contribution in [0.4, 0.5) is 0 Å². The summed E-state index contributed by atoms with van der Waals surface area (Å²) < 4.78 is 0. The molecule has 2 rings (SSSR count). The standard InChI is InChI=1S/C8H6ClN3/c9-6-1-7-5(2-10)3-11-8(7)12-4-6/h1-4,10H,(H,11,12). The van der Waals surface area contributed by atoms with Crippen LogP contribution in [0.25, 0.3) is 11.0 Å². The number of hydrogen-bond acceptors (Lipinski definition) is 2. The van der Waals surface area contributed by atoms with Gasteiger partial charge in [-0.3, -0.25) is 0 Å². The van der Waals surface area contributed by atoms with E-state index in [9.17, 15) is 0 Å². The predicted octanol–water partition coefficient (Wildman–Crippen LogP) is 2.21. The fourth-order valence-electron chi connectivity index (χ4n) is 1.12. The van der Waals surface area contributed by atoms with Crippen LogP contribution in [-0.4, -0.2) is 16.2 Å². The highest BCUT2D eigenvalue weighted by atomic mass is 35.5. The van der Waals surface area contributed by atoms with Gasteiger partial charge < -0.3 is 10.4 Å². The summed E-state index contributed by atoms with van der Waals surface area (Å²) in [6.07, 6.45) is 4.59. The lowest BCUT2D eigenvalue weighted by Crippen LogP contribution is -1.77. The third-order valence-electron chi connectivity index (χ3n) is 1.69. The molecule has 0 atom stereocenters. The van der Waals surface area contributed by atoms with Crippen molar-refractivity contribution in [3.8, 4) is 0 Å². The van der Waals surface area contributed by atoms with Crippen molar-refractivity contribution >= 4 is 28.8 Å². The Kier molecular flexibility index (Phi) is 1.59. The minimum Gasteiger partial charge on any atom is -0.345 e. The maximum absolute atomic E-state index is 7.10. The first-order valence-electron chi connectivity index (χ1n) is 3.44. The van der Waals surface area contributed by atoms with E-state index >= 15 is 0 Å². The summed E-state index contributed by atoms with van der Waals surface area (Å²) in [5.41, 5.74) is 1.57. The molecule has 2 aromatic heterocycles. The van der Waals surface area contributed by atoms with Crippen LogP contribution in [0, 0.1) is 5.41 Å². The number of hydrogen-bond donors (Lipinski definition) is 2. The summed E-state index contributed by atoms with van der Waals surface area (Å²) in [5.74, 6) is 0. The van der Waals surface area contributed by atoms with Crippen LogP contribution in [0.15, 0.2) is 18.5 Å². The van der Waals surface area contributed by atoms with Crippen LogP contribution in [-0.2, 0) is 0 Å². The van der Waals surface area contributed by atoms with Gasteiger partial charge in [0.05, 0.1) is 5.02 Å². The van der Waals surface area contributed by atoms with Gasteiger partial charge in [0.15, 0.2) is 0 Å². The molecule has 0 aliphatic heterocycles. The lowest BCUT2D eigenvalue weighted by molar-refractivity contribution is 1.33. The highest BCUT2D eigenvalue weighted by Crippen LogP contribution is 2.18. The molecule has 0 aromatic carbocycles. The first-order valence-corrected chi connectivity index (χ1v) is 3.82. The van der Waals surface area contributed by atoms with Crippen LogP contribution in [0.2, 0.25) is 5.02 Å². The molecule has 0 bridgehead atoms. The van der Waals surface area contributed by atoms with Gasteiger partial charge >= 0.3 is 0 Å². The van der Waals surface area contributed by atoms with Crippen LogP contribution < -0.4 is 0 Å². The molecular weight excluding hydrogens is 174 g/mol. The average Bonchev–Trinajstić information content (AvgIpc) is 2.46. The van der Waals surface area contributed by atoms with Crippen LogP contribution >= 0.6 is 11.6 Å². The monoisotopic (exact) mass is 179 g/mol. The molecule has 2 heterocycles. The molecule has 0 amide bonds. The number of halogens is 1. The minimum absolute atomic E-state index is 0.588. The summed E-state index contributed by atoms with van der Waals surface area (Å²) in [7, 11) is 0. The molecule has 12 heavy (non-hydrogen) atoms. The minimum atomic E-state index is 0.588. The smallest absolute Gasteiger partial charge is 0.137 e. The van der Waals surface area contributed by atoms with Crippen molar-refractivity contribution in [3.63, 3.8) is 0 Å². The molecule has 0 fully saturated rings. The Hall–Kier alpha value is -1.35. The largest absolute Gasteiger partial charge is 0.345 e. The van der Waals surface area contributed by atoms with Gasteiger partial charge in [0.25, 0.3) is 0 Å². The van der Waals surface area contributed by atoms with E-state index in [4.69, 9.17) is 17.0 Å². The van der Waals surface area contributed by atoms with Crippen molar-refractivity contribution < 1.29 is 0 Å². The SMILES string of the molecule is N=Cc1c[nH]c2ncc(Cl)cc12. The van der Waals surface area contributed by atoms with Crippen LogP contribution in [0.1, 0.15) is 5.56 Å². The second kappa shape index (κ2) is 2.60. The number of nitrogens with one attached hydrogen (secondary N) is 2. The summed E-state index contributed by atoms with van der Waals surface area (Å²) in [5, 5.41) is 8.57. The van der Waals surface area contributed by atoms with Crippen molar-refractivity contribution in [2.45, 2.75) is 0 Å². The maximum atomic E-state index is 7.10. The first kappa shape index (κ1) is 7.31. The number of nitrogens with zero attached hydrogens (tertiary/aromatic N) is 1. The number of aromatic amines is 1. The number of pyridine rings is 1. The van der Waals surface area contributed by atoms with E-state index < -0.39 is 0 Å². The summed E-state index contributed by atoms with van der Waals surface area (Å²) in [4.78, 5) is 7.00. The number of H-pyrrole nitrogens is 1. The van der Waals surface area contributed by atoms with Gasteiger partial charge in [-0.15, -0.1) is 0 Å². The van der Waals surface area contributed by atoms with Gasteiger partial charge in [0, 0.05) is 29.6 Å². The van der Waals surface area contributed by atoms with Crippen molar-refractivity contribution in [3.05, 3.63) is 29.0 Å². The number of rotatable bonds is 1. The van der Waals surface area contributed by atoms with E-state index in [2.05, 4.69) is 9.97 Å². The zero-order valence-corrected chi connectivity index (χ0v) is 6.89. The lowest BCUT2D eigenvalue weighted by atomic mass is 10.2.